The lowest BCUT2D eigenvalue weighted by Crippen LogP contribution is -2.40. The molecule has 4 rings (SSSR count). The van der Waals surface area contributed by atoms with E-state index in [0.29, 0.717) is 30.9 Å². The van der Waals surface area contributed by atoms with E-state index in [1.165, 1.54) is 0 Å². The minimum Gasteiger partial charge on any atom is -0.367 e. The molecule has 1 aliphatic heterocycles. The van der Waals surface area contributed by atoms with Gasteiger partial charge in [0, 0.05) is 42.2 Å². The van der Waals surface area contributed by atoms with Gasteiger partial charge < -0.3 is 14.6 Å². The SMILES string of the molecule is CC(C)N1C[C@@H](NC(=O)c2cc(C3CC3)on2)C[C@@H]1COCC#Cc1ccccc1. The average molecular weight is 408 g/mol. The molecule has 30 heavy (non-hydrogen) atoms. The maximum absolute atomic E-state index is 12.6. The van der Waals surface area contributed by atoms with E-state index in [2.05, 4.69) is 41.1 Å². The van der Waals surface area contributed by atoms with E-state index < -0.39 is 0 Å². The summed E-state index contributed by atoms with van der Waals surface area (Å²) in [6.45, 7) is 6.15. The van der Waals surface area contributed by atoms with Crippen LogP contribution in [0.3, 0.4) is 0 Å². The van der Waals surface area contributed by atoms with Crippen molar-refractivity contribution in [1.82, 2.24) is 15.4 Å². The largest absolute Gasteiger partial charge is 0.367 e. The number of hydrogen-bond donors (Lipinski definition) is 1. The molecule has 1 saturated heterocycles. The van der Waals surface area contributed by atoms with Crippen molar-refractivity contribution in [2.24, 2.45) is 0 Å². The summed E-state index contributed by atoms with van der Waals surface area (Å²) in [5.74, 6) is 7.31. The molecule has 2 atom stereocenters. The standard InChI is InChI=1S/C24H29N3O3/c1-17(2)27-15-20(25-24(28)22-14-23(30-26-22)19-10-11-19)13-21(27)16-29-12-6-9-18-7-4-3-5-8-18/h3-5,7-8,14,17,19-21H,10-13,15-16H2,1-2H3,(H,25,28)/t20-,21+/m0/s1. The lowest BCUT2D eigenvalue weighted by atomic mass is 10.1. The highest BCUT2D eigenvalue weighted by atomic mass is 16.5. The molecule has 0 bridgehead atoms. The molecule has 2 aromatic rings. The number of aromatic nitrogens is 1. The zero-order valence-electron chi connectivity index (χ0n) is 17.6. The zero-order valence-corrected chi connectivity index (χ0v) is 17.6. The molecule has 1 aromatic heterocycles. The van der Waals surface area contributed by atoms with E-state index in [4.69, 9.17) is 9.26 Å². The summed E-state index contributed by atoms with van der Waals surface area (Å²) in [6, 6.07) is 12.4. The fourth-order valence-corrected chi connectivity index (χ4v) is 3.96. The minimum absolute atomic E-state index is 0.0741. The second kappa shape index (κ2) is 9.46. The summed E-state index contributed by atoms with van der Waals surface area (Å²) in [7, 11) is 0. The van der Waals surface area contributed by atoms with Gasteiger partial charge in [0.15, 0.2) is 5.69 Å². The number of benzene rings is 1. The predicted molar refractivity (Wildman–Crippen MR) is 114 cm³/mol. The van der Waals surface area contributed by atoms with Crippen molar-refractivity contribution in [1.29, 1.82) is 0 Å². The molecule has 6 nitrogen and oxygen atoms in total. The normalized spacial score (nSPS) is 21.4. The van der Waals surface area contributed by atoms with Crippen LogP contribution in [0.5, 0.6) is 0 Å². The van der Waals surface area contributed by atoms with E-state index in [9.17, 15) is 4.79 Å². The van der Waals surface area contributed by atoms with Gasteiger partial charge >= 0.3 is 0 Å². The van der Waals surface area contributed by atoms with E-state index in [0.717, 1.165) is 37.1 Å². The zero-order chi connectivity index (χ0) is 20.9. The Bertz CT molecular complexity index is 909. The summed E-state index contributed by atoms with van der Waals surface area (Å²) in [5.41, 5.74) is 1.37. The molecule has 1 aliphatic carbocycles. The lowest BCUT2D eigenvalue weighted by molar-refractivity contribution is 0.0829. The molecule has 2 aliphatic rings. The molecule has 6 heteroatoms. The second-order valence-corrected chi connectivity index (χ2v) is 8.42. The smallest absolute Gasteiger partial charge is 0.273 e. The van der Waals surface area contributed by atoms with Crippen LogP contribution in [0.25, 0.3) is 0 Å². The Labute approximate surface area is 178 Å². The van der Waals surface area contributed by atoms with Crippen LogP contribution in [0, 0.1) is 11.8 Å². The van der Waals surface area contributed by atoms with Gasteiger partial charge in [0.2, 0.25) is 0 Å². The van der Waals surface area contributed by atoms with Gasteiger partial charge in [0.05, 0.1) is 6.61 Å². The summed E-state index contributed by atoms with van der Waals surface area (Å²) in [4.78, 5) is 15.0. The van der Waals surface area contributed by atoms with Crippen molar-refractivity contribution < 1.29 is 14.1 Å². The van der Waals surface area contributed by atoms with Crippen LogP contribution in [0.4, 0.5) is 0 Å². The van der Waals surface area contributed by atoms with Crippen LogP contribution < -0.4 is 5.32 Å². The molecular formula is C24H29N3O3. The Kier molecular flexibility index (Phi) is 6.51. The summed E-state index contributed by atoms with van der Waals surface area (Å²) in [6.07, 6.45) is 3.10. The Hall–Kier alpha value is -2.62. The Morgan fingerprint density at radius 3 is 2.87 bits per heavy atom. The molecule has 1 aromatic carbocycles. The van der Waals surface area contributed by atoms with Crippen molar-refractivity contribution in [3.63, 3.8) is 0 Å². The third-order valence-electron chi connectivity index (χ3n) is 5.69. The number of rotatable bonds is 7. The Morgan fingerprint density at radius 1 is 1.33 bits per heavy atom. The van der Waals surface area contributed by atoms with Gasteiger partial charge in [-0.15, -0.1) is 0 Å². The maximum atomic E-state index is 12.6. The number of amides is 1. The summed E-state index contributed by atoms with van der Waals surface area (Å²) < 4.78 is 11.1. The fraction of sp³-hybridized carbons (Fsp3) is 0.500. The minimum atomic E-state index is -0.158. The van der Waals surface area contributed by atoms with Gasteiger partial charge in [-0.1, -0.05) is 35.2 Å². The topological polar surface area (TPSA) is 67.6 Å². The molecule has 0 unspecified atom stereocenters. The first kappa shape index (κ1) is 20.6. The average Bonchev–Trinajstić information content (AvgIpc) is 3.32. The number of ether oxygens (including phenoxy) is 1. The third-order valence-corrected chi connectivity index (χ3v) is 5.69. The van der Waals surface area contributed by atoms with E-state index in [1.54, 1.807) is 6.07 Å². The molecule has 1 amide bonds. The highest BCUT2D eigenvalue weighted by Gasteiger charge is 2.35. The van der Waals surface area contributed by atoms with Gasteiger partial charge in [-0.3, -0.25) is 9.69 Å². The Morgan fingerprint density at radius 2 is 2.13 bits per heavy atom. The highest BCUT2D eigenvalue weighted by molar-refractivity contribution is 5.92. The van der Waals surface area contributed by atoms with Crippen molar-refractivity contribution in [3.8, 4) is 11.8 Å². The molecule has 2 heterocycles. The molecule has 158 valence electrons. The molecular weight excluding hydrogens is 378 g/mol. The first-order valence-electron chi connectivity index (χ1n) is 10.7. The maximum Gasteiger partial charge on any atom is 0.273 e. The predicted octanol–water partition coefficient (Wildman–Crippen LogP) is 3.20. The lowest BCUT2D eigenvalue weighted by Gasteiger charge is -2.27. The monoisotopic (exact) mass is 407 g/mol. The van der Waals surface area contributed by atoms with Crippen molar-refractivity contribution in [2.75, 3.05) is 19.8 Å². The van der Waals surface area contributed by atoms with Crippen LogP contribution in [-0.4, -0.2) is 53.8 Å². The molecule has 0 spiro atoms. The number of carbonyl (C=O) groups is 1. The number of carbonyl (C=O) groups excluding carboxylic acids is 1. The first-order chi connectivity index (χ1) is 14.6. The van der Waals surface area contributed by atoms with Crippen LogP contribution in [-0.2, 0) is 4.74 Å². The van der Waals surface area contributed by atoms with Gasteiger partial charge in [-0.25, -0.2) is 0 Å². The van der Waals surface area contributed by atoms with Crippen LogP contribution in [0.2, 0.25) is 0 Å². The fourth-order valence-electron chi connectivity index (χ4n) is 3.96. The highest BCUT2D eigenvalue weighted by Crippen LogP contribution is 2.40. The van der Waals surface area contributed by atoms with Gasteiger partial charge in [0.1, 0.15) is 12.4 Å². The number of nitrogens with one attached hydrogen (secondary N) is 1. The van der Waals surface area contributed by atoms with E-state index in [1.807, 2.05) is 30.3 Å². The Balaban J connectivity index is 1.27. The number of nitrogens with zero attached hydrogens (tertiary/aromatic N) is 2. The van der Waals surface area contributed by atoms with Crippen LogP contribution in [0.15, 0.2) is 40.9 Å². The molecule has 1 saturated carbocycles. The quantitative estimate of drug-likeness (QED) is 0.564. The van der Waals surface area contributed by atoms with Crippen molar-refractivity contribution in [2.45, 2.75) is 57.2 Å². The van der Waals surface area contributed by atoms with Crippen LogP contribution in [0.1, 0.15) is 60.8 Å². The summed E-state index contributed by atoms with van der Waals surface area (Å²) in [5, 5.41) is 7.07. The van der Waals surface area contributed by atoms with E-state index >= 15 is 0 Å². The van der Waals surface area contributed by atoms with E-state index in [-0.39, 0.29) is 18.0 Å². The second-order valence-electron chi connectivity index (χ2n) is 8.42. The first-order valence-corrected chi connectivity index (χ1v) is 10.7. The molecule has 2 fully saturated rings. The number of hydrogen-bond acceptors (Lipinski definition) is 5. The number of likely N-dealkylation sites (tertiary alicyclic amines) is 1. The van der Waals surface area contributed by atoms with Crippen molar-refractivity contribution >= 4 is 5.91 Å². The van der Waals surface area contributed by atoms with Gasteiger partial charge in [-0.05, 0) is 45.2 Å². The van der Waals surface area contributed by atoms with Crippen LogP contribution >= 0.6 is 0 Å². The third kappa shape index (κ3) is 5.29. The molecule has 0 radical (unpaired) electrons. The molecule has 1 N–H and O–H groups in total. The van der Waals surface area contributed by atoms with Gasteiger partial charge in [0.25, 0.3) is 5.91 Å². The van der Waals surface area contributed by atoms with Gasteiger partial charge in [-0.2, -0.15) is 0 Å². The summed E-state index contributed by atoms with van der Waals surface area (Å²) >= 11 is 0. The van der Waals surface area contributed by atoms with Crippen molar-refractivity contribution in [3.05, 3.63) is 53.4 Å².